The van der Waals surface area contributed by atoms with Crippen LogP contribution in [0.4, 0.5) is 0 Å². The summed E-state index contributed by atoms with van der Waals surface area (Å²) in [4.78, 5) is 0. The SMILES string of the molecule is CC1CCC(n2cc(CCBr)nn2)CC1. The van der Waals surface area contributed by atoms with Gasteiger partial charge in [0.25, 0.3) is 0 Å². The Bertz CT molecular complexity index is 303. The molecule has 1 aromatic rings. The fourth-order valence-electron chi connectivity index (χ4n) is 2.21. The van der Waals surface area contributed by atoms with E-state index in [1.807, 2.05) is 0 Å². The Labute approximate surface area is 99.4 Å². The number of rotatable bonds is 3. The van der Waals surface area contributed by atoms with E-state index >= 15 is 0 Å². The summed E-state index contributed by atoms with van der Waals surface area (Å²) in [6.45, 7) is 2.34. The molecule has 1 fully saturated rings. The molecule has 1 aliphatic rings. The Balaban J connectivity index is 1.96. The fourth-order valence-corrected chi connectivity index (χ4v) is 2.62. The molecule has 2 rings (SSSR count). The molecule has 84 valence electrons. The van der Waals surface area contributed by atoms with Crippen LogP contribution in [0.25, 0.3) is 0 Å². The van der Waals surface area contributed by atoms with Gasteiger partial charge in [-0.05, 0) is 31.6 Å². The van der Waals surface area contributed by atoms with Crippen molar-refractivity contribution in [3.63, 3.8) is 0 Å². The van der Waals surface area contributed by atoms with Crippen molar-refractivity contribution in [2.75, 3.05) is 5.33 Å². The molecule has 0 spiro atoms. The van der Waals surface area contributed by atoms with Crippen molar-refractivity contribution in [3.8, 4) is 0 Å². The van der Waals surface area contributed by atoms with Crippen LogP contribution in [0.3, 0.4) is 0 Å². The molecule has 0 unspecified atom stereocenters. The van der Waals surface area contributed by atoms with Crippen molar-refractivity contribution in [2.45, 2.75) is 45.1 Å². The van der Waals surface area contributed by atoms with Gasteiger partial charge < -0.3 is 0 Å². The molecule has 0 aromatic carbocycles. The second kappa shape index (κ2) is 5.10. The van der Waals surface area contributed by atoms with Crippen LogP contribution in [0.1, 0.15) is 44.3 Å². The lowest BCUT2D eigenvalue weighted by Crippen LogP contribution is -2.17. The van der Waals surface area contributed by atoms with Crippen molar-refractivity contribution >= 4 is 15.9 Å². The first kappa shape index (κ1) is 11.1. The molecule has 3 nitrogen and oxygen atoms in total. The quantitative estimate of drug-likeness (QED) is 0.792. The van der Waals surface area contributed by atoms with Crippen molar-refractivity contribution < 1.29 is 0 Å². The van der Waals surface area contributed by atoms with Gasteiger partial charge in [0.1, 0.15) is 0 Å². The van der Waals surface area contributed by atoms with Gasteiger partial charge >= 0.3 is 0 Å². The predicted molar refractivity (Wildman–Crippen MR) is 64.2 cm³/mol. The van der Waals surface area contributed by atoms with Gasteiger partial charge in [0.05, 0.1) is 11.7 Å². The maximum atomic E-state index is 4.23. The first-order valence-corrected chi connectivity index (χ1v) is 6.88. The van der Waals surface area contributed by atoms with Crippen LogP contribution < -0.4 is 0 Å². The number of hydrogen-bond donors (Lipinski definition) is 0. The average Bonchev–Trinajstić information content (AvgIpc) is 2.68. The van der Waals surface area contributed by atoms with Gasteiger partial charge in [-0.1, -0.05) is 28.1 Å². The van der Waals surface area contributed by atoms with Crippen molar-refractivity contribution in [2.24, 2.45) is 5.92 Å². The molecule has 0 aliphatic heterocycles. The number of hydrogen-bond acceptors (Lipinski definition) is 2. The number of alkyl halides is 1. The van der Waals surface area contributed by atoms with Crippen LogP contribution in [0, 0.1) is 5.92 Å². The largest absolute Gasteiger partial charge is 0.249 e. The first-order chi connectivity index (χ1) is 7.29. The van der Waals surface area contributed by atoms with Crippen molar-refractivity contribution in [3.05, 3.63) is 11.9 Å². The Morgan fingerprint density at radius 3 is 2.80 bits per heavy atom. The summed E-state index contributed by atoms with van der Waals surface area (Å²) in [5, 5.41) is 9.38. The van der Waals surface area contributed by atoms with Gasteiger partial charge in [0, 0.05) is 17.9 Å². The Kier molecular flexibility index (Phi) is 3.78. The van der Waals surface area contributed by atoms with E-state index in [1.54, 1.807) is 0 Å². The third-order valence-corrected chi connectivity index (χ3v) is 3.66. The van der Waals surface area contributed by atoms with Crippen LogP contribution in [0.2, 0.25) is 0 Å². The summed E-state index contributed by atoms with van der Waals surface area (Å²) < 4.78 is 2.07. The number of halogens is 1. The lowest BCUT2D eigenvalue weighted by atomic mass is 9.87. The maximum Gasteiger partial charge on any atom is 0.0835 e. The summed E-state index contributed by atoms with van der Waals surface area (Å²) in [5.74, 6) is 0.895. The average molecular weight is 272 g/mol. The topological polar surface area (TPSA) is 30.7 Å². The molecule has 0 N–H and O–H groups in total. The summed E-state index contributed by atoms with van der Waals surface area (Å²) in [6.07, 6.45) is 8.28. The highest BCUT2D eigenvalue weighted by Crippen LogP contribution is 2.31. The first-order valence-electron chi connectivity index (χ1n) is 5.76. The normalized spacial score (nSPS) is 26.8. The third kappa shape index (κ3) is 2.80. The number of aryl methyl sites for hydroxylation is 1. The molecule has 1 heterocycles. The fraction of sp³-hybridized carbons (Fsp3) is 0.818. The highest BCUT2D eigenvalue weighted by atomic mass is 79.9. The van der Waals surface area contributed by atoms with Crippen molar-refractivity contribution in [1.82, 2.24) is 15.0 Å². The summed E-state index contributed by atoms with van der Waals surface area (Å²) in [5.41, 5.74) is 1.10. The smallest absolute Gasteiger partial charge is 0.0835 e. The van der Waals surface area contributed by atoms with Crippen LogP contribution in [-0.4, -0.2) is 20.3 Å². The maximum absolute atomic E-state index is 4.23. The molecule has 15 heavy (non-hydrogen) atoms. The lowest BCUT2D eigenvalue weighted by molar-refractivity contribution is 0.270. The Morgan fingerprint density at radius 1 is 1.40 bits per heavy atom. The zero-order chi connectivity index (χ0) is 10.7. The van der Waals surface area contributed by atoms with E-state index in [0.717, 1.165) is 23.4 Å². The molecule has 0 radical (unpaired) electrons. The second-order valence-electron chi connectivity index (χ2n) is 4.54. The Morgan fingerprint density at radius 2 is 2.13 bits per heavy atom. The lowest BCUT2D eigenvalue weighted by Gasteiger charge is -2.25. The molecular formula is C11H18BrN3. The van der Waals surface area contributed by atoms with Gasteiger partial charge in [-0.25, -0.2) is 4.68 Å². The molecule has 0 amide bonds. The summed E-state index contributed by atoms with van der Waals surface area (Å²) >= 11 is 3.42. The third-order valence-electron chi connectivity index (χ3n) is 3.27. The molecule has 1 aliphatic carbocycles. The molecule has 1 saturated carbocycles. The minimum Gasteiger partial charge on any atom is -0.249 e. The van der Waals surface area contributed by atoms with Crippen LogP contribution >= 0.6 is 15.9 Å². The second-order valence-corrected chi connectivity index (χ2v) is 5.34. The van der Waals surface area contributed by atoms with Gasteiger partial charge in [0.15, 0.2) is 0 Å². The molecule has 0 saturated heterocycles. The van der Waals surface area contributed by atoms with Crippen LogP contribution in [-0.2, 0) is 6.42 Å². The molecule has 0 atom stereocenters. The summed E-state index contributed by atoms with van der Waals surface area (Å²) in [6, 6.07) is 0.595. The Hall–Kier alpha value is -0.380. The van der Waals surface area contributed by atoms with Gasteiger partial charge in [-0.2, -0.15) is 0 Å². The van der Waals surface area contributed by atoms with Crippen molar-refractivity contribution in [1.29, 1.82) is 0 Å². The number of nitrogens with zero attached hydrogens (tertiary/aromatic N) is 3. The molecule has 4 heteroatoms. The molecule has 1 aromatic heterocycles. The van der Waals surface area contributed by atoms with E-state index in [1.165, 1.54) is 25.7 Å². The van der Waals surface area contributed by atoms with Gasteiger partial charge in [-0.3, -0.25) is 0 Å². The van der Waals surface area contributed by atoms with E-state index < -0.39 is 0 Å². The van der Waals surface area contributed by atoms with Crippen LogP contribution in [0.5, 0.6) is 0 Å². The standard InChI is InChI=1S/C11H18BrN3/c1-9-2-4-11(5-3-9)15-8-10(6-7-12)13-14-15/h8-9,11H,2-7H2,1H3. The highest BCUT2D eigenvalue weighted by Gasteiger charge is 2.20. The monoisotopic (exact) mass is 271 g/mol. The van der Waals surface area contributed by atoms with E-state index in [4.69, 9.17) is 0 Å². The highest BCUT2D eigenvalue weighted by molar-refractivity contribution is 9.09. The van der Waals surface area contributed by atoms with Gasteiger partial charge in [-0.15, -0.1) is 5.10 Å². The van der Waals surface area contributed by atoms with E-state index in [9.17, 15) is 0 Å². The van der Waals surface area contributed by atoms with Crippen LogP contribution in [0.15, 0.2) is 6.20 Å². The van der Waals surface area contributed by atoms with E-state index in [-0.39, 0.29) is 0 Å². The van der Waals surface area contributed by atoms with E-state index in [0.29, 0.717) is 6.04 Å². The minimum atomic E-state index is 0.595. The molecule has 0 bridgehead atoms. The van der Waals surface area contributed by atoms with E-state index in [2.05, 4.69) is 44.0 Å². The minimum absolute atomic E-state index is 0.595. The molecular weight excluding hydrogens is 254 g/mol. The summed E-state index contributed by atoms with van der Waals surface area (Å²) in [7, 11) is 0. The zero-order valence-electron chi connectivity index (χ0n) is 9.19. The number of aromatic nitrogens is 3. The predicted octanol–water partition coefficient (Wildman–Crippen LogP) is 2.97. The zero-order valence-corrected chi connectivity index (χ0v) is 10.8. The van der Waals surface area contributed by atoms with Gasteiger partial charge in [0.2, 0.25) is 0 Å².